The van der Waals surface area contributed by atoms with Crippen LogP contribution in [0.2, 0.25) is 0 Å². The molecular weight excluding hydrogens is 241 g/mol. The van der Waals surface area contributed by atoms with Crippen LogP contribution in [0, 0.1) is 0 Å². The zero-order valence-corrected chi connectivity index (χ0v) is 9.54. The molecular formula is C9H15F3N2O3. The van der Waals surface area contributed by atoms with E-state index in [2.05, 4.69) is 12.2 Å². The minimum atomic E-state index is -5.08. The number of halogens is 3. The Bertz CT molecular complexity index is 281. The van der Waals surface area contributed by atoms with Gasteiger partial charge in [0.05, 0.1) is 0 Å². The second-order valence-electron chi connectivity index (χ2n) is 3.57. The van der Waals surface area contributed by atoms with E-state index in [0.29, 0.717) is 6.04 Å². The number of aliphatic carboxylic acids is 1. The van der Waals surface area contributed by atoms with Gasteiger partial charge in [-0.15, -0.1) is 0 Å². The van der Waals surface area contributed by atoms with E-state index in [4.69, 9.17) is 9.90 Å². The summed E-state index contributed by atoms with van der Waals surface area (Å²) in [6.45, 7) is 6.41. The van der Waals surface area contributed by atoms with E-state index in [9.17, 15) is 18.0 Å². The fraction of sp³-hybridized carbons (Fsp3) is 0.778. The monoisotopic (exact) mass is 256 g/mol. The number of alkyl halides is 3. The lowest BCUT2D eigenvalue weighted by atomic mass is 10.2. The molecule has 0 aromatic rings. The van der Waals surface area contributed by atoms with Gasteiger partial charge in [-0.25, -0.2) is 4.79 Å². The summed E-state index contributed by atoms with van der Waals surface area (Å²) >= 11 is 0. The van der Waals surface area contributed by atoms with E-state index >= 15 is 0 Å². The number of hydrogen-bond acceptors (Lipinski definition) is 3. The molecule has 0 aromatic heterocycles. The lowest BCUT2D eigenvalue weighted by molar-refractivity contribution is -0.192. The molecule has 1 heterocycles. The predicted octanol–water partition coefficient (Wildman–Crippen LogP) is 0.460. The van der Waals surface area contributed by atoms with E-state index in [1.807, 2.05) is 4.90 Å². The summed E-state index contributed by atoms with van der Waals surface area (Å²) in [5.74, 6) is -2.57. The first kappa shape index (κ1) is 15.7. The highest BCUT2D eigenvalue weighted by Crippen LogP contribution is 2.13. The number of nitrogens with one attached hydrogen (secondary N) is 1. The molecule has 1 aliphatic rings. The van der Waals surface area contributed by atoms with Crippen LogP contribution in [0.3, 0.4) is 0 Å². The summed E-state index contributed by atoms with van der Waals surface area (Å²) in [6.07, 6.45) is -5.08. The Morgan fingerprint density at radius 2 is 1.88 bits per heavy atom. The molecule has 0 spiro atoms. The van der Waals surface area contributed by atoms with Gasteiger partial charge in [-0.2, -0.15) is 13.2 Å². The first-order valence-electron chi connectivity index (χ1n) is 4.94. The zero-order valence-electron chi connectivity index (χ0n) is 9.54. The van der Waals surface area contributed by atoms with Crippen LogP contribution in [0.4, 0.5) is 13.2 Å². The van der Waals surface area contributed by atoms with E-state index in [1.54, 1.807) is 6.92 Å². The molecule has 1 rings (SSSR count). The van der Waals surface area contributed by atoms with Crippen LogP contribution in [0.25, 0.3) is 0 Å². The number of piperazine rings is 1. The Hall–Kier alpha value is -1.31. The standard InChI is InChI=1S/C7H14N2O.C2HF3O2/c1-6-5-8-3-4-9(6)7(2)10;3-2(4,5)1(6)7/h6,8H,3-5H2,1-2H3;(H,6,7)/t6-;/m0./s1. The molecule has 1 aliphatic heterocycles. The van der Waals surface area contributed by atoms with Crippen LogP contribution in [0.5, 0.6) is 0 Å². The van der Waals surface area contributed by atoms with Gasteiger partial charge in [0.25, 0.3) is 0 Å². The molecule has 0 unspecified atom stereocenters. The minimum Gasteiger partial charge on any atom is -0.475 e. The van der Waals surface area contributed by atoms with Gasteiger partial charge < -0.3 is 15.3 Å². The maximum absolute atomic E-state index is 10.9. The molecule has 100 valence electrons. The van der Waals surface area contributed by atoms with Crippen molar-refractivity contribution < 1.29 is 27.9 Å². The lowest BCUT2D eigenvalue weighted by Gasteiger charge is -2.32. The van der Waals surface area contributed by atoms with Crippen molar-refractivity contribution >= 4 is 11.9 Å². The summed E-state index contributed by atoms with van der Waals surface area (Å²) in [4.78, 5) is 21.7. The van der Waals surface area contributed by atoms with Gasteiger partial charge in [-0.3, -0.25) is 4.79 Å². The second kappa shape index (κ2) is 6.43. The van der Waals surface area contributed by atoms with Gasteiger partial charge in [0.1, 0.15) is 0 Å². The molecule has 1 fully saturated rings. The van der Waals surface area contributed by atoms with Crippen LogP contribution < -0.4 is 5.32 Å². The van der Waals surface area contributed by atoms with Crippen molar-refractivity contribution in [3.05, 3.63) is 0 Å². The largest absolute Gasteiger partial charge is 0.490 e. The van der Waals surface area contributed by atoms with Crippen molar-refractivity contribution in [2.75, 3.05) is 19.6 Å². The second-order valence-corrected chi connectivity index (χ2v) is 3.57. The predicted molar refractivity (Wildman–Crippen MR) is 53.4 cm³/mol. The molecule has 2 N–H and O–H groups in total. The average molecular weight is 256 g/mol. The number of carbonyl (C=O) groups is 2. The normalized spacial score (nSPS) is 20.3. The van der Waals surface area contributed by atoms with Gasteiger partial charge in [0.2, 0.25) is 5.91 Å². The molecule has 1 amide bonds. The number of rotatable bonds is 0. The Morgan fingerprint density at radius 1 is 1.41 bits per heavy atom. The third-order valence-electron chi connectivity index (χ3n) is 2.15. The van der Waals surface area contributed by atoms with E-state index < -0.39 is 12.1 Å². The highest BCUT2D eigenvalue weighted by atomic mass is 19.4. The zero-order chi connectivity index (χ0) is 13.6. The van der Waals surface area contributed by atoms with Gasteiger partial charge in [0.15, 0.2) is 0 Å². The van der Waals surface area contributed by atoms with Gasteiger partial charge in [-0.1, -0.05) is 0 Å². The highest BCUT2D eigenvalue weighted by molar-refractivity contribution is 5.73. The fourth-order valence-electron chi connectivity index (χ4n) is 1.31. The average Bonchev–Trinajstić information content (AvgIpc) is 2.17. The number of carboxylic acids is 1. The third-order valence-corrected chi connectivity index (χ3v) is 2.15. The molecule has 8 heteroatoms. The number of amides is 1. The SMILES string of the molecule is CC(=O)N1CCNC[C@@H]1C.O=C(O)C(F)(F)F. The van der Waals surface area contributed by atoms with Crippen molar-refractivity contribution in [1.82, 2.24) is 10.2 Å². The topological polar surface area (TPSA) is 69.6 Å². The highest BCUT2D eigenvalue weighted by Gasteiger charge is 2.38. The molecule has 0 bridgehead atoms. The Kier molecular flexibility index (Phi) is 5.94. The van der Waals surface area contributed by atoms with E-state index in [-0.39, 0.29) is 5.91 Å². The lowest BCUT2D eigenvalue weighted by Crippen LogP contribution is -2.51. The quantitative estimate of drug-likeness (QED) is 0.660. The van der Waals surface area contributed by atoms with Crippen molar-refractivity contribution in [1.29, 1.82) is 0 Å². The van der Waals surface area contributed by atoms with E-state index in [0.717, 1.165) is 19.6 Å². The van der Waals surface area contributed by atoms with Crippen LogP contribution in [-0.2, 0) is 9.59 Å². The molecule has 0 radical (unpaired) electrons. The molecule has 17 heavy (non-hydrogen) atoms. The van der Waals surface area contributed by atoms with Crippen LogP contribution >= 0.6 is 0 Å². The number of hydrogen-bond donors (Lipinski definition) is 2. The molecule has 0 aliphatic carbocycles. The van der Waals surface area contributed by atoms with Gasteiger partial charge in [-0.05, 0) is 6.92 Å². The first-order chi connectivity index (χ1) is 7.66. The Morgan fingerprint density at radius 3 is 2.12 bits per heavy atom. The fourth-order valence-corrected chi connectivity index (χ4v) is 1.31. The molecule has 5 nitrogen and oxygen atoms in total. The van der Waals surface area contributed by atoms with Crippen LogP contribution in [-0.4, -0.2) is 53.7 Å². The third kappa shape index (κ3) is 6.10. The summed E-state index contributed by atoms with van der Waals surface area (Å²) < 4.78 is 31.7. The van der Waals surface area contributed by atoms with Gasteiger partial charge in [0, 0.05) is 32.6 Å². The first-order valence-corrected chi connectivity index (χ1v) is 4.94. The Labute approximate surface area is 96.6 Å². The smallest absolute Gasteiger partial charge is 0.475 e. The van der Waals surface area contributed by atoms with Crippen molar-refractivity contribution in [2.45, 2.75) is 26.1 Å². The summed E-state index contributed by atoms with van der Waals surface area (Å²) in [5.41, 5.74) is 0. The maximum Gasteiger partial charge on any atom is 0.490 e. The molecule has 0 saturated carbocycles. The maximum atomic E-state index is 10.9. The van der Waals surface area contributed by atoms with Crippen molar-refractivity contribution in [3.8, 4) is 0 Å². The number of carbonyl (C=O) groups excluding carboxylic acids is 1. The summed E-state index contributed by atoms with van der Waals surface area (Å²) in [6, 6.07) is 0.367. The molecule has 1 saturated heterocycles. The minimum absolute atomic E-state index is 0.189. The van der Waals surface area contributed by atoms with E-state index in [1.165, 1.54) is 0 Å². The van der Waals surface area contributed by atoms with Gasteiger partial charge >= 0.3 is 12.1 Å². The molecule has 1 atom stereocenters. The number of carboxylic acid groups (broad SMARTS) is 1. The summed E-state index contributed by atoms with van der Waals surface area (Å²) in [5, 5.41) is 10.4. The Balaban J connectivity index is 0.000000325. The molecule has 0 aromatic carbocycles. The van der Waals surface area contributed by atoms with Crippen molar-refractivity contribution in [2.24, 2.45) is 0 Å². The van der Waals surface area contributed by atoms with Crippen molar-refractivity contribution in [3.63, 3.8) is 0 Å². The summed E-state index contributed by atoms with van der Waals surface area (Å²) in [7, 11) is 0. The van der Waals surface area contributed by atoms with Crippen LogP contribution in [0.1, 0.15) is 13.8 Å². The number of nitrogens with zero attached hydrogens (tertiary/aromatic N) is 1. The van der Waals surface area contributed by atoms with Crippen LogP contribution in [0.15, 0.2) is 0 Å².